The Kier molecular flexibility index (Phi) is 5.68. The summed E-state index contributed by atoms with van der Waals surface area (Å²) in [6, 6.07) is 7.74. The number of anilines is 1. The van der Waals surface area contributed by atoms with Gasteiger partial charge in [-0.1, -0.05) is 26.7 Å². The zero-order valence-electron chi connectivity index (χ0n) is 13.1. The van der Waals surface area contributed by atoms with Gasteiger partial charge in [0.2, 0.25) is 0 Å². The lowest BCUT2D eigenvalue weighted by Crippen LogP contribution is -2.26. The van der Waals surface area contributed by atoms with Crippen LogP contribution in [0.2, 0.25) is 0 Å². The molecule has 4 heteroatoms. The molecule has 1 aromatic carbocycles. The molecule has 0 heterocycles. The van der Waals surface area contributed by atoms with Crippen molar-refractivity contribution in [2.45, 2.75) is 63.3 Å². The smallest absolute Gasteiger partial charge is 0.178 e. The topological polar surface area (TPSA) is 46.2 Å². The molecule has 1 aliphatic rings. The zero-order valence-corrected chi connectivity index (χ0v) is 14.0. The van der Waals surface area contributed by atoms with Crippen LogP contribution in [0, 0.1) is 5.92 Å². The molecule has 0 radical (unpaired) electrons. The van der Waals surface area contributed by atoms with E-state index in [1.165, 1.54) is 38.5 Å². The number of hydrogen-bond acceptors (Lipinski definition) is 3. The fraction of sp³-hybridized carbons (Fsp3) is 0.647. The van der Waals surface area contributed by atoms with Crippen LogP contribution >= 0.6 is 0 Å². The minimum absolute atomic E-state index is 0.154. The maximum absolute atomic E-state index is 11.8. The fourth-order valence-electron chi connectivity index (χ4n) is 3.16. The van der Waals surface area contributed by atoms with E-state index in [0.29, 0.717) is 10.9 Å². The molecule has 118 valence electrons. The van der Waals surface area contributed by atoms with E-state index in [4.69, 9.17) is 0 Å². The highest BCUT2D eigenvalue weighted by Gasteiger charge is 2.20. The van der Waals surface area contributed by atoms with Crippen molar-refractivity contribution in [2.24, 2.45) is 5.92 Å². The summed E-state index contributed by atoms with van der Waals surface area (Å²) in [5.74, 6) is 1.06. The molecule has 0 atom stereocenters. The lowest BCUT2D eigenvalue weighted by atomic mass is 9.83. The number of sulfone groups is 1. The average Bonchev–Trinajstić information content (AvgIpc) is 2.50. The summed E-state index contributed by atoms with van der Waals surface area (Å²) in [7, 11) is -3.09. The van der Waals surface area contributed by atoms with Crippen molar-refractivity contribution in [2.75, 3.05) is 11.1 Å². The van der Waals surface area contributed by atoms with E-state index < -0.39 is 9.84 Å². The van der Waals surface area contributed by atoms with E-state index in [0.717, 1.165) is 11.6 Å². The average molecular weight is 309 g/mol. The normalized spacial score (nSPS) is 23.0. The Labute approximate surface area is 129 Å². The van der Waals surface area contributed by atoms with Crippen LogP contribution in [0.3, 0.4) is 0 Å². The second-order valence-electron chi connectivity index (χ2n) is 6.08. The van der Waals surface area contributed by atoms with Crippen LogP contribution < -0.4 is 5.32 Å². The van der Waals surface area contributed by atoms with Gasteiger partial charge in [0.05, 0.1) is 10.6 Å². The maximum atomic E-state index is 11.8. The maximum Gasteiger partial charge on any atom is 0.178 e. The van der Waals surface area contributed by atoms with E-state index in [1.54, 1.807) is 19.1 Å². The quantitative estimate of drug-likeness (QED) is 0.854. The summed E-state index contributed by atoms with van der Waals surface area (Å²) < 4.78 is 23.6. The summed E-state index contributed by atoms with van der Waals surface area (Å²) in [6.07, 6.45) is 7.72. The molecule has 2 rings (SSSR count). The van der Waals surface area contributed by atoms with Crippen LogP contribution in [0.4, 0.5) is 5.69 Å². The predicted molar refractivity (Wildman–Crippen MR) is 88.4 cm³/mol. The van der Waals surface area contributed by atoms with Gasteiger partial charge in [0.15, 0.2) is 9.84 Å². The van der Waals surface area contributed by atoms with E-state index in [2.05, 4.69) is 12.2 Å². The molecule has 1 saturated carbocycles. The van der Waals surface area contributed by atoms with Crippen molar-refractivity contribution in [1.29, 1.82) is 0 Å². The fourth-order valence-corrected chi connectivity index (χ4v) is 4.05. The Balaban J connectivity index is 1.90. The van der Waals surface area contributed by atoms with Gasteiger partial charge in [-0.15, -0.1) is 0 Å². The number of nitrogens with one attached hydrogen (secondary N) is 1. The molecular formula is C17H27NO2S. The predicted octanol–water partition coefficient (Wildman–Crippen LogP) is 4.25. The highest BCUT2D eigenvalue weighted by atomic mass is 32.2. The first-order valence-corrected chi connectivity index (χ1v) is 9.79. The van der Waals surface area contributed by atoms with Gasteiger partial charge in [0.1, 0.15) is 0 Å². The summed E-state index contributed by atoms with van der Waals surface area (Å²) in [5.41, 5.74) is 1.03. The molecule has 0 bridgehead atoms. The van der Waals surface area contributed by atoms with Crippen LogP contribution in [-0.4, -0.2) is 20.2 Å². The van der Waals surface area contributed by atoms with Crippen LogP contribution in [0.25, 0.3) is 0 Å². The second kappa shape index (κ2) is 7.30. The SMILES string of the molecule is CCCC1CCC(Nc2ccc(S(=O)(=O)CC)cc2)CC1. The highest BCUT2D eigenvalue weighted by Crippen LogP contribution is 2.29. The molecule has 1 aliphatic carbocycles. The van der Waals surface area contributed by atoms with Gasteiger partial charge in [-0.3, -0.25) is 0 Å². The third-order valence-corrected chi connectivity index (χ3v) is 6.26. The first kappa shape index (κ1) is 16.3. The minimum Gasteiger partial charge on any atom is -0.382 e. The molecule has 0 spiro atoms. The second-order valence-corrected chi connectivity index (χ2v) is 8.36. The molecule has 1 aromatic rings. The monoisotopic (exact) mass is 309 g/mol. The molecule has 0 aliphatic heterocycles. The Morgan fingerprint density at radius 3 is 2.19 bits per heavy atom. The Morgan fingerprint density at radius 1 is 1.05 bits per heavy atom. The van der Waals surface area contributed by atoms with E-state index >= 15 is 0 Å². The van der Waals surface area contributed by atoms with Gasteiger partial charge in [0, 0.05) is 11.7 Å². The summed E-state index contributed by atoms with van der Waals surface area (Å²) >= 11 is 0. The lowest BCUT2D eigenvalue weighted by molar-refractivity contribution is 0.319. The Morgan fingerprint density at radius 2 is 1.67 bits per heavy atom. The van der Waals surface area contributed by atoms with Gasteiger partial charge in [-0.05, 0) is 55.9 Å². The van der Waals surface area contributed by atoms with E-state index in [1.807, 2.05) is 12.1 Å². The third-order valence-electron chi connectivity index (χ3n) is 4.51. The van der Waals surface area contributed by atoms with Crippen molar-refractivity contribution >= 4 is 15.5 Å². The third kappa shape index (κ3) is 4.47. The van der Waals surface area contributed by atoms with Gasteiger partial charge in [-0.2, -0.15) is 0 Å². The van der Waals surface area contributed by atoms with Crippen LogP contribution in [0.5, 0.6) is 0 Å². The number of benzene rings is 1. The minimum atomic E-state index is -3.09. The standard InChI is InChI=1S/C17H27NO2S/c1-3-5-14-6-8-15(9-7-14)18-16-10-12-17(13-11-16)21(19,20)4-2/h10-15,18H,3-9H2,1-2H3. The lowest BCUT2D eigenvalue weighted by Gasteiger charge is -2.29. The van der Waals surface area contributed by atoms with Crippen molar-refractivity contribution < 1.29 is 8.42 Å². The van der Waals surface area contributed by atoms with Crippen molar-refractivity contribution in [3.63, 3.8) is 0 Å². The molecule has 0 unspecified atom stereocenters. The largest absolute Gasteiger partial charge is 0.382 e. The van der Waals surface area contributed by atoms with Crippen molar-refractivity contribution in [1.82, 2.24) is 0 Å². The van der Waals surface area contributed by atoms with Gasteiger partial charge < -0.3 is 5.32 Å². The summed E-state index contributed by atoms with van der Waals surface area (Å²) in [5, 5.41) is 3.55. The summed E-state index contributed by atoms with van der Waals surface area (Å²) in [4.78, 5) is 0.419. The van der Waals surface area contributed by atoms with Crippen LogP contribution in [0.15, 0.2) is 29.2 Å². The molecule has 21 heavy (non-hydrogen) atoms. The number of hydrogen-bond donors (Lipinski definition) is 1. The summed E-state index contributed by atoms with van der Waals surface area (Å²) in [6.45, 7) is 3.94. The van der Waals surface area contributed by atoms with Crippen molar-refractivity contribution in [3.05, 3.63) is 24.3 Å². The van der Waals surface area contributed by atoms with Crippen molar-refractivity contribution in [3.8, 4) is 0 Å². The molecular weight excluding hydrogens is 282 g/mol. The van der Waals surface area contributed by atoms with Gasteiger partial charge >= 0.3 is 0 Å². The van der Waals surface area contributed by atoms with E-state index in [9.17, 15) is 8.42 Å². The van der Waals surface area contributed by atoms with Gasteiger partial charge in [0.25, 0.3) is 0 Å². The highest BCUT2D eigenvalue weighted by molar-refractivity contribution is 7.91. The molecule has 0 saturated heterocycles. The molecule has 0 aromatic heterocycles. The van der Waals surface area contributed by atoms with E-state index in [-0.39, 0.29) is 5.75 Å². The molecule has 0 amide bonds. The Bertz CT molecular complexity index is 528. The van der Waals surface area contributed by atoms with Crippen LogP contribution in [-0.2, 0) is 9.84 Å². The Hall–Kier alpha value is -1.03. The molecule has 1 N–H and O–H groups in total. The van der Waals surface area contributed by atoms with Gasteiger partial charge in [-0.25, -0.2) is 8.42 Å². The first-order valence-electron chi connectivity index (χ1n) is 8.14. The molecule has 3 nitrogen and oxygen atoms in total. The van der Waals surface area contributed by atoms with Crippen LogP contribution in [0.1, 0.15) is 52.4 Å². The number of rotatable bonds is 6. The molecule has 1 fully saturated rings. The zero-order chi connectivity index (χ0) is 15.3. The first-order chi connectivity index (χ1) is 10.0.